The lowest BCUT2D eigenvalue weighted by Gasteiger charge is -1.99. The molecule has 0 aliphatic rings. The highest BCUT2D eigenvalue weighted by Gasteiger charge is 2.08. The third kappa shape index (κ3) is 2.54. The van der Waals surface area contributed by atoms with E-state index in [1.54, 1.807) is 22.8 Å². The highest BCUT2D eigenvalue weighted by atomic mass is 32.1. The first-order chi connectivity index (χ1) is 7.25. The van der Waals surface area contributed by atoms with Crippen molar-refractivity contribution in [3.63, 3.8) is 0 Å². The molecular formula is C9H8N2O2S2. The van der Waals surface area contributed by atoms with E-state index in [2.05, 4.69) is 5.32 Å². The van der Waals surface area contributed by atoms with Crippen LogP contribution in [0, 0.1) is 10.1 Å². The summed E-state index contributed by atoms with van der Waals surface area (Å²) in [5.41, 5.74) is 1.99. The van der Waals surface area contributed by atoms with E-state index in [1.807, 2.05) is 16.8 Å². The van der Waals surface area contributed by atoms with Gasteiger partial charge in [-0.3, -0.25) is 10.1 Å². The Morgan fingerprint density at radius 2 is 2.33 bits per heavy atom. The molecule has 0 spiro atoms. The lowest BCUT2D eigenvalue weighted by Crippen LogP contribution is -1.96. The molecule has 0 aromatic carbocycles. The van der Waals surface area contributed by atoms with Gasteiger partial charge in [-0.25, -0.2) is 0 Å². The van der Waals surface area contributed by atoms with Gasteiger partial charge in [0.15, 0.2) is 0 Å². The Morgan fingerprint density at radius 1 is 1.47 bits per heavy atom. The van der Waals surface area contributed by atoms with Gasteiger partial charge in [0.1, 0.15) is 0 Å². The van der Waals surface area contributed by atoms with Crippen molar-refractivity contribution in [2.75, 3.05) is 5.32 Å². The van der Waals surface area contributed by atoms with Gasteiger partial charge >= 0.3 is 5.00 Å². The predicted molar refractivity (Wildman–Crippen MR) is 62.6 cm³/mol. The number of hydrogen-bond acceptors (Lipinski definition) is 5. The summed E-state index contributed by atoms with van der Waals surface area (Å²) in [6, 6.07) is 3.58. The van der Waals surface area contributed by atoms with E-state index in [-0.39, 0.29) is 9.92 Å². The fourth-order valence-electron chi connectivity index (χ4n) is 1.12. The molecule has 0 unspecified atom stereocenters. The number of hydrogen-bond donors (Lipinski definition) is 1. The summed E-state index contributed by atoms with van der Waals surface area (Å²) >= 11 is 2.78. The minimum absolute atomic E-state index is 0.192. The summed E-state index contributed by atoms with van der Waals surface area (Å²) in [5, 5.41) is 19.6. The Labute approximate surface area is 94.3 Å². The normalized spacial score (nSPS) is 10.1. The summed E-state index contributed by atoms with van der Waals surface area (Å²) in [5.74, 6) is 0. The molecule has 15 heavy (non-hydrogen) atoms. The van der Waals surface area contributed by atoms with E-state index in [9.17, 15) is 10.1 Å². The van der Waals surface area contributed by atoms with Gasteiger partial charge in [0.2, 0.25) is 0 Å². The van der Waals surface area contributed by atoms with Gasteiger partial charge in [0, 0.05) is 29.1 Å². The standard InChI is InChI=1S/C9H8N2O2S2/c12-11(13)9-3-7(5-15-9)4-10-8-1-2-14-6-8/h1-3,5-6,10H,4H2. The van der Waals surface area contributed by atoms with Crippen LogP contribution in [-0.2, 0) is 6.54 Å². The molecule has 0 amide bonds. The van der Waals surface area contributed by atoms with Crippen LogP contribution in [0.25, 0.3) is 0 Å². The second-order valence-corrected chi connectivity index (χ2v) is 4.59. The first-order valence-electron chi connectivity index (χ1n) is 4.23. The smallest absolute Gasteiger partial charge is 0.324 e. The SMILES string of the molecule is O=[N+]([O-])c1cc(CNc2ccsc2)cs1. The van der Waals surface area contributed by atoms with Crippen LogP contribution in [0.5, 0.6) is 0 Å². The van der Waals surface area contributed by atoms with Crippen molar-refractivity contribution in [2.24, 2.45) is 0 Å². The average molecular weight is 240 g/mol. The molecule has 4 nitrogen and oxygen atoms in total. The van der Waals surface area contributed by atoms with E-state index >= 15 is 0 Å². The molecule has 0 atom stereocenters. The van der Waals surface area contributed by atoms with Crippen molar-refractivity contribution >= 4 is 33.4 Å². The number of thiophene rings is 2. The molecule has 6 heteroatoms. The molecule has 2 rings (SSSR count). The average Bonchev–Trinajstić information content (AvgIpc) is 2.86. The second-order valence-electron chi connectivity index (χ2n) is 2.92. The van der Waals surface area contributed by atoms with Crippen molar-refractivity contribution in [3.8, 4) is 0 Å². The Bertz CT molecular complexity index is 450. The van der Waals surface area contributed by atoms with E-state index in [4.69, 9.17) is 0 Å². The van der Waals surface area contributed by atoms with Crippen LogP contribution >= 0.6 is 22.7 Å². The van der Waals surface area contributed by atoms with E-state index < -0.39 is 0 Å². The zero-order chi connectivity index (χ0) is 10.7. The fourth-order valence-corrected chi connectivity index (χ4v) is 2.46. The molecule has 0 saturated carbocycles. The van der Waals surface area contributed by atoms with Crippen LogP contribution in [0.4, 0.5) is 10.7 Å². The molecular weight excluding hydrogens is 232 g/mol. The Kier molecular flexibility index (Phi) is 2.98. The molecule has 0 saturated heterocycles. The van der Waals surface area contributed by atoms with Crippen molar-refractivity contribution in [3.05, 3.63) is 44.0 Å². The lowest BCUT2D eigenvalue weighted by molar-refractivity contribution is -0.380. The molecule has 2 heterocycles. The number of nitrogens with one attached hydrogen (secondary N) is 1. The van der Waals surface area contributed by atoms with Crippen molar-refractivity contribution in [2.45, 2.75) is 6.54 Å². The summed E-state index contributed by atoms with van der Waals surface area (Å²) in [6.07, 6.45) is 0. The second kappa shape index (κ2) is 4.41. The summed E-state index contributed by atoms with van der Waals surface area (Å²) in [6.45, 7) is 0.626. The van der Waals surface area contributed by atoms with E-state index in [0.717, 1.165) is 22.6 Å². The number of anilines is 1. The Balaban J connectivity index is 1.96. The van der Waals surface area contributed by atoms with Crippen molar-refractivity contribution < 1.29 is 4.92 Å². The first kappa shape index (κ1) is 10.1. The molecule has 0 radical (unpaired) electrons. The van der Waals surface area contributed by atoms with Crippen LogP contribution in [0.15, 0.2) is 28.3 Å². The number of nitro groups is 1. The maximum Gasteiger partial charge on any atom is 0.324 e. The number of nitrogens with zero attached hydrogens (tertiary/aromatic N) is 1. The molecule has 0 aliphatic carbocycles. The highest BCUT2D eigenvalue weighted by Crippen LogP contribution is 2.23. The van der Waals surface area contributed by atoms with Crippen LogP contribution < -0.4 is 5.32 Å². The molecule has 0 aliphatic heterocycles. The molecule has 78 valence electrons. The van der Waals surface area contributed by atoms with Crippen LogP contribution in [0.3, 0.4) is 0 Å². The van der Waals surface area contributed by atoms with Gasteiger partial charge in [0.25, 0.3) is 0 Å². The maximum atomic E-state index is 10.4. The fraction of sp³-hybridized carbons (Fsp3) is 0.111. The Morgan fingerprint density at radius 3 is 2.93 bits per heavy atom. The monoisotopic (exact) mass is 240 g/mol. The highest BCUT2D eigenvalue weighted by molar-refractivity contribution is 7.13. The predicted octanol–water partition coefficient (Wildman–Crippen LogP) is 3.33. The summed E-state index contributed by atoms with van der Waals surface area (Å²) in [4.78, 5) is 10.1. The molecule has 2 aromatic heterocycles. The third-order valence-electron chi connectivity index (χ3n) is 1.84. The minimum Gasteiger partial charge on any atom is -0.380 e. The van der Waals surface area contributed by atoms with Crippen LogP contribution in [0.1, 0.15) is 5.56 Å². The van der Waals surface area contributed by atoms with Gasteiger partial charge < -0.3 is 5.32 Å². The lowest BCUT2D eigenvalue weighted by atomic mass is 10.3. The van der Waals surface area contributed by atoms with E-state index in [1.165, 1.54) is 0 Å². The maximum absolute atomic E-state index is 10.4. The molecule has 0 fully saturated rings. The van der Waals surface area contributed by atoms with Crippen LogP contribution in [-0.4, -0.2) is 4.92 Å². The van der Waals surface area contributed by atoms with Crippen LogP contribution in [0.2, 0.25) is 0 Å². The summed E-state index contributed by atoms with van der Waals surface area (Å²) in [7, 11) is 0. The van der Waals surface area contributed by atoms with Gasteiger partial charge in [-0.1, -0.05) is 11.3 Å². The quantitative estimate of drug-likeness (QED) is 0.658. The van der Waals surface area contributed by atoms with Crippen molar-refractivity contribution in [1.29, 1.82) is 0 Å². The molecule has 2 aromatic rings. The first-order valence-corrected chi connectivity index (χ1v) is 6.06. The van der Waals surface area contributed by atoms with E-state index in [0.29, 0.717) is 6.54 Å². The molecule has 1 N–H and O–H groups in total. The van der Waals surface area contributed by atoms with Gasteiger partial charge in [-0.2, -0.15) is 11.3 Å². The number of rotatable bonds is 4. The van der Waals surface area contributed by atoms with Gasteiger partial charge in [-0.05, 0) is 17.0 Å². The largest absolute Gasteiger partial charge is 0.380 e. The molecule has 0 bridgehead atoms. The third-order valence-corrected chi connectivity index (χ3v) is 3.45. The topological polar surface area (TPSA) is 55.2 Å². The zero-order valence-electron chi connectivity index (χ0n) is 7.67. The van der Waals surface area contributed by atoms with Gasteiger partial charge in [0.05, 0.1) is 4.92 Å². The minimum atomic E-state index is -0.362. The zero-order valence-corrected chi connectivity index (χ0v) is 9.31. The summed E-state index contributed by atoms with van der Waals surface area (Å²) < 4.78 is 0. The van der Waals surface area contributed by atoms with Crippen molar-refractivity contribution in [1.82, 2.24) is 0 Å². The van der Waals surface area contributed by atoms with Gasteiger partial charge in [-0.15, -0.1) is 0 Å². The Hall–Kier alpha value is -1.40.